The van der Waals surface area contributed by atoms with Crippen molar-refractivity contribution in [1.82, 2.24) is 20.4 Å². The number of aliphatic hydroxyl groups is 1. The molecular formula is C34H43FN4O5. The fourth-order valence-corrected chi connectivity index (χ4v) is 5.45. The van der Waals surface area contributed by atoms with Crippen molar-refractivity contribution in [1.29, 1.82) is 0 Å². The first-order valence-electron chi connectivity index (χ1n) is 15.1. The Morgan fingerprint density at radius 3 is 2.34 bits per heavy atom. The molecule has 44 heavy (non-hydrogen) atoms. The van der Waals surface area contributed by atoms with E-state index in [9.17, 15) is 23.9 Å². The summed E-state index contributed by atoms with van der Waals surface area (Å²) >= 11 is 0. The van der Waals surface area contributed by atoms with Crippen LogP contribution in [0.25, 0.3) is 10.8 Å². The van der Waals surface area contributed by atoms with Gasteiger partial charge in [0.2, 0.25) is 17.7 Å². The number of carbonyl (C=O) groups excluding carboxylic acids is 3. The summed E-state index contributed by atoms with van der Waals surface area (Å²) < 4.78 is 19.3. The van der Waals surface area contributed by atoms with E-state index in [2.05, 4.69) is 10.6 Å². The zero-order chi connectivity index (χ0) is 31.6. The Morgan fingerprint density at radius 1 is 0.977 bits per heavy atom. The predicted octanol–water partition coefficient (Wildman–Crippen LogP) is 2.68. The molecule has 0 aromatic heterocycles. The number of halogens is 1. The highest BCUT2D eigenvalue weighted by atomic mass is 19.1. The topological polar surface area (TPSA) is 111 Å². The lowest BCUT2D eigenvalue weighted by Crippen LogP contribution is -2.56. The van der Waals surface area contributed by atoms with Crippen molar-refractivity contribution in [3.8, 4) is 0 Å². The number of nitrogens with one attached hydrogen (secondary N) is 2. The van der Waals surface area contributed by atoms with Gasteiger partial charge in [0.05, 0.1) is 12.7 Å². The van der Waals surface area contributed by atoms with Crippen LogP contribution in [0.4, 0.5) is 4.39 Å². The molecule has 0 saturated carbocycles. The van der Waals surface area contributed by atoms with Crippen LogP contribution in [0.15, 0.2) is 66.7 Å². The van der Waals surface area contributed by atoms with Gasteiger partial charge in [0.25, 0.3) is 0 Å². The second-order valence-corrected chi connectivity index (χ2v) is 11.6. The number of benzene rings is 3. The summed E-state index contributed by atoms with van der Waals surface area (Å²) in [7, 11) is 3.12. The van der Waals surface area contributed by atoms with Crippen molar-refractivity contribution < 1.29 is 28.6 Å². The molecule has 4 atom stereocenters. The molecule has 3 aromatic carbocycles. The van der Waals surface area contributed by atoms with Crippen molar-refractivity contribution in [2.75, 3.05) is 40.4 Å². The van der Waals surface area contributed by atoms with E-state index in [0.717, 1.165) is 35.7 Å². The third-order valence-electron chi connectivity index (χ3n) is 8.13. The SMILES string of the molecule is C[C@@H](O)CNC(=O)[C@@H](Cc1ccc(F)cc1)N(C)C(=O)[C@@H](Cc1ccc2ccccc2c1)N(C)C(=O)COC[C@H]1CCCN1. The zero-order valence-electron chi connectivity index (χ0n) is 25.7. The average Bonchev–Trinajstić information content (AvgIpc) is 3.54. The number of carbonyl (C=O) groups is 3. The minimum atomic E-state index is -0.973. The maximum atomic E-state index is 14.3. The summed E-state index contributed by atoms with van der Waals surface area (Å²) in [5.41, 5.74) is 1.52. The molecule has 0 spiro atoms. The third kappa shape index (κ3) is 9.07. The van der Waals surface area contributed by atoms with Crippen molar-refractivity contribution in [2.24, 2.45) is 0 Å². The Labute approximate surface area is 258 Å². The first-order valence-corrected chi connectivity index (χ1v) is 15.1. The van der Waals surface area contributed by atoms with Crippen molar-refractivity contribution in [3.05, 3.63) is 83.7 Å². The Balaban J connectivity index is 1.58. The molecule has 1 aliphatic heterocycles. The zero-order valence-corrected chi connectivity index (χ0v) is 25.7. The molecule has 1 heterocycles. The lowest BCUT2D eigenvalue weighted by atomic mass is 9.98. The van der Waals surface area contributed by atoms with Gasteiger partial charge in [-0.15, -0.1) is 0 Å². The summed E-state index contributed by atoms with van der Waals surface area (Å²) in [6.07, 6.45) is 1.62. The molecular weight excluding hydrogens is 563 g/mol. The van der Waals surface area contributed by atoms with Crippen LogP contribution < -0.4 is 10.6 Å². The smallest absolute Gasteiger partial charge is 0.249 e. The lowest BCUT2D eigenvalue weighted by Gasteiger charge is -2.35. The average molecular weight is 607 g/mol. The van der Waals surface area contributed by atoms with Gasteiger partial charge in [-0.3, -0.25) is 14.4 Å². The monoisotopic (exact) mass is 606 g/mol. The Morgan fingerprint density at radius 2 is 1.66 bits per heavy atom. The molecule has 9 nitrogen and oxygen atoms in total. The summed E-state index contributed by atoms with van der Waals surface area (Å²) in [4.78, 5) is 43.7. The highest BCUT2D eigenvalue weighted by molar-refractivity contribution is 5.92. The van der Waals surface area contributed by atoms with E-state index in [1.165, 1.54) is 29.0 Å². The third-order valence-corrected chi connectivity index (χ3v) is 8.13. The van der Waals surface area contributed by atoms with Gasteiger partial charge in [0.15, 0.2) is 0 Å². The highest BCUT2D eigenvalue weighted by Crippen LogP contribution is 2.20. The fraction of sp³-hybridized carbons (Fsp3) is 0.441. The number of likely N-dealkylation sites (N-methyl/N-ethyl adjacent to an activating group) is 2. The summed E-state index contributed by atoms with van der Waals surface area (Å²) in [6, 6.07) is 17.9. The Hall–Kier alpha value is -3.86. The van der Waals surface area contributed by atoms with Crippen LogP contribution in [0.2, 0.25) is 0 Å². The second kappa shape index (κ2) is 15.7. The molecule has 10 heteroatoms. The van der Waals surface area contributed by atoms with Gasteiger partial charge in [0.1, 0.15) is 24.5 Å². The number of nitrogens with zero attached hydrogens (tertiary/aromatic N) is 2. The van der Waals surface area contributed by atoms with E-state index in [1.54, 1.807) is 26.1 Å². The molecule has 0 unspecified atom stereocenters. The number of hydrogen-bond acceptors (Lipinski definition) is 6. The van der Waals surface area contributed by atoms with Gasteiger partial charge in [-0.1, -0.05) is 54.6 Å². The van der Waals surface area contributed by atoms with Crippen LogP contribution in [0.5, 0.6) is 0 Å². The first kappa shape index (κ1) is 33.0. The largest absolute Gasteiger partial charge is 0.392 e. The van der Waals surface area contributed by atoms with Gasteiger partial charge in [0, 0.05) is 39.5 Å². The fourth-order valence-electron chi connectivity index (χ4n) is 5.45. The minimum absolute atomic E-state index is 0.00682. The molecule has 1 saturated heterocycles. The molecule has 3 aromatic rings. The maximum absolute atomic E-state index is 14.3. The number of ether oxygens (including phenoxy) is 1. The minimum Gasteiger partial charge on any atom is -0.392 e. The van der Waals surface area contributed by atoms with Crippen LogP contribution >= 0.6 is 0 Å². The number of amides is 3. The quantitative estimate of drug-likeness (QED) is 0.260. The molecule has 236 valence electrons. The summed E-state index contributed by atoms with van der Waals surface area (Å²) in [5, 5.41) is 17.9. The van der Waals surface area contributed by atoms with Gasteiger partial charge in [-0.05, 0) is 60.3 Å². The van der Waals surface area contributed by atoms with E-state index in [0.29, 0.717) is 12.2 Å². The van der Waals surface area contributed by atoms with E-state index < -0.39 is 35.8 Å². The van der Waals surface area contributed by atoms with E-state index in [1.807, 2.05) is 42.5 Å². The van der Waals surface area contributed by atoms with Crippen molar-refractivity contribution in [3.63, 3.8) is 0 Å². The highest BCUT2D eigenvalue weighted by Gasteiger charge is 2.35. The van der Waals surface area contributed by atoms with Crippen LogP contribution in [0.3, 0.4) is 0 Å². The van der Waals surface area contributed by atoms with Crippen LogP contribution in [-0.2, 0) is 32.0 Å². The molecule has 1 fully saturated rings. The molecule has 3 amide bonds. The van der Waals surface area contributed by atoms with Gasteiger partial charge in [-0.2, -0.15) is 0 Å². The molecule has 0 radical (unpaired) electrons. The van der Waals surface area contributed by atoms with Gasteiger partial charge in [-0.25, -0.2) is 4.39 Å². The van der Waals surface area contributed by atoms with Crippen LogP contribution in [-0.4, -0.2) is 97.3 Å². The number of fused-ring (bicyclic) bond motifs is 1. The first-order chi connectivity index (χ1) is 21.1. The summed E-state index contributed by atoms with van der Waals surface area (Å²) in [6.45, 7) is 2.72. The summed E-state index contributed by atoms with van der Waals surface area (Å²) in [5.74, 6) is -1.64. The Bertz CT molecular complexity index is 1410. The van der Waals surface area contributed by atoms with Gasteiger partial charge < -0.3 is 30.3 Å². The van der Waals surface area contributed by atoms with Crippen LogP contribution in [0.1, 0.15) is 30.9 Å². The molecule has 0 aliphatic carbocycles. The molecule has 1 aliphatic rings. The van der Waals surface area contributed by atoms with E-state index in [4.69, 9.17) is 4.74 Å². The standard InChI is InChI=1S/C34H43FN4O5/c1-23(40)20-37-33(42)30(18-24-11-14-28(35)15-12-24)39(3)34(43)31(19-25-10-13-26-7-4-5-8-27(26)17-25)38(2)32(41)22-44-21-29-9-6-16-36-29/h4-5,7-8,10-15,17,23,29-31,36,40H,6,9,16,18-22H2,1-3H3,(H,37,42)/t23-,29-,30-,31-/m1/s1. The normalized spacial score (nSPS) is 16.7. The second-order valence-electron chi connectivity index (χ2n) is 11.6. The van der Waals surface area contributed by atoms with Crippen molar-refractivity contribution in [2.45, 2.75) is 56.8 Å². The molecule has 0 bridgehead atoms. The number of rotatable bonds is 14. The van der Waals surface area contributed by atoms with Crippen LogP contribution in [0, 0.1) is 5.82 Å². The van der Waals surface area contributed by atoms with E-state index >= 15 is 0 Å². The van der Waals surface area contributed by atoms with E-state index in [-0.39, 0.29) is 37.9 Å². The number of aliphatic hydroxyl groups excluding tert-OH is 1. The lowest BCUT2D eigenvalue weighted by molar-refractivity contribution is -0.149. The maximum Gasteiger partial charge on any atom is 0.249 e. The van der Waals surface area contributed by atoms with Crippen molar-refractivity contribution >= 4 is 28.5 Å². The molecule has 4 rings (SSSR count). The predicted molar refractivity (Wildman–Crippen MR) is 167 cm³/mol. The molecule has 3 N–H and O–H groups in total. The number of hydrogen-bond donors (Lipinski definition) is 3. The Kier molecular flexibility index (Phi) is 11.8. The van der Waals surface area contributed by atoms with Gasteiger partial charge >= 0.3 is 0 Å².